The van der Waals surface area contributed by atoms with Gasteiger partial charge in [0.15, 0.2) is 0 Å². The molecule has 17 heavy (non-hydrogen) atoms. The third kappa shape index (κ3) is 5.02. The highest BCUT2D eigenvalue weighted by Gasteiger charge is 2.07. The molecule has 0 saturated carbocycles. The first-order valence-corrected chi connectivity index (χ1v) is 5.54. The van der Waals surface area contributed by atoms with E-state index in [0.29, 0.717) is 25.4 Å². The van der Waals surface area contributed by atoms with Crippen molar-refractivity contribution >= 4 is 11.9 Å². The minimum atomic E-state index is -0.110. The van der Waals surface area contributed by atoms with Crippen molar-refractivity contribution in [3.63, 3.8) is 0 Å². The van der Waals surface area contributed by atoms with E-state index in [4.69, 9.17) is 11.2 Å². The molecule has 0 unspecified atom stereocenters. The molecule has 6 nitrogen and oxygen atoms in total. The molecule has 1 heterocycles. The molecule has 0 spiro atoms. The normalized spacial score (nSPS) is 9.65. The molecule has 0 aliphatic heterocycles. The van der Waals surface area contributed by atoms with E-state index in [1.54, 1.807) is 0 Å². The number of hydrogen-bond acceptors (Lipinski definition) is 4. The van der Waals surface area contributed by atoms with Gasteiger partial charge in [-0.05, 0) is 19.8 Å². The zero-order valence-corrected chi connectivity index (χ0v) is 9.82. The Labute approximate surface area is 100 Å². The average molecular weight is 236 g/mol. The maximum atomic E-state index is 11.5. The molecule has 6 heteroatoms. The van der Waals surface area contributed by atoms with Crippen LogP contribution in [-0.2, 0) is 4.79 Å². The van der Waals surface area contributed by atoms with Crippen LogP contribution in [0, 0.1) is 12.3 Å². The molecule has 0 bridgehead atoms. The van der Waals surface area contributed by atoms with Crippen LogP contribution in [0.2, 0.25) is 0 Å². The number of aromatic amines is 1. The van der Waals surface area contributed by atoms with Crippen LogP contribution in [0.1, 0.15) is 32.6 Å². The van der Waals surface area contributed by atoms with Gasteiger partial charge in [0, 0.05) is 12.8 Å². The van der Waals surface area contributed by atoms with Crippen molar-refractivity contribution in [1.82, 2.24) is 15.2 Å². The first kappa shape index (κ1) is 13.0. The zero-order valence-electron chi connectivity index (χ0n) is 9.82. The van der Waals surface area contributed by atoms with Gasteiger partial charge in [0.05, 0.1) is 6.61 Å². The van der Waals surface area contributed by atoms with E-state index in [2.05, 4.69) is 26.4 Å². The van der Waals surface area contributed by atoms with E-state index in [0.717, 1.165) is 12.8 Å². The first-order chi connectivity index (χ1) is 8.26. The van der Waals surface area contributed by atoms with Gasteiger partial charge in [0.2, 0.25) is 11.9 Å². The highest BCUT2D eigenvalue weighted by molar-refractivity contribution is 5.88. The molecular weight excluding hydrogens is 220 g/mol. The third-order valence-corrected chi connectivity index (χ3v) is 1.97. The van der Waals surface area contributed by atoms with Gasteiger partial charge >= 0.3 is 6.01 Å². The number of terminal acetylenes is 1. The predicted molar refractivity (Wildman–Crippen MR) is 63.5 cm³/mol. The van der Waals surface area contributed by atoms with Gasteiger partial charge < -0.3 is 4.74 Å². The lowest BCUT2D eigenvalue weighted by atomic mass is 10.2. The SMILES string of the molecule is C#CCCCCC(=O)Nc1nc(OCC)n[nH]1. The summed E-state index contributed by atoms with van der Waals surface area (Å²) in [5.74, 6) is 2.72. The van der Waals surface area contributed by atoms with Gasteiger partial charge in [0.25, 0.3) is 0 Å². The molecule has 1 rings (SSSR count). The number of ether oxygens (including phenoxy) is 1. The van der Waals surface area contributed by atoms with Crippen LogP contribution < -0.4 is 10.1 Å². The summed E-state index contributed by atoms with van der Waals surface area (Å²) in [5.41, 5.74) is 0. The molecule has 1 aromatic rings. The second kappa shape index (κ2) is 7.28. The van der Waals surface area contributed by atoms with Crippen molar-refractivity contribution in [2.75, 3.05) is 11.9 Å². The highest BCUT2D eigenvalue weighted by Crippen LogP contribution is 2.07. The average Bonchev–Trinajstić information content (AvgIpc) is 2.73. The molecule has 0 aromatic carbocycles. The minimum absolute atomic E-state index is 0.110. The van der Waals surface area contributed by atoms with Crippen LogP contribution in [0.5, 0.6) is 6.01 Å². The fourth-order valence-electron chi connectivity index (χ4n) is 1.20. The molecule has 2 N–H and O–H groups in total. The molecule has 1 amide bonds. The van der Waals surface area contributed by atoms with Crippen LogP contribution in [-0.4, -0.2) is 27.7 Å². The number of rotatable bonds is 7. The second-order valence-electron chi connectivity index (χ2n) is 3.36. The summed E-state index contributed by atoms with van der Waals surface area (Å²) in [5, 5.41) is 8.94. The van der Waals surface area contributed by atoms with E-state index >= 15 is 0 Å². The summed E-state index contributed by atoms with van der Waals surface area (Å²) in [4.78, 5) is 15.4. The molecular formula is C11H16N4O2. The minimum Gasteiger partial charge on any atom is -0.463 e. The Morgan fingerprint density at radius 3 is 3.12 bits per heavy atom. The fraction of sp³-hybridized carbons (Fsp3) is 0.545. The van der Waals surface area contributed by atoms with Gasteiger partial charge in [-0.15, -0.1) is 17.4 Å². The van der Waals surface area contributed by atoms with Crippen molar-refractivity contribution < 1.29 is 9.53 Å². The molecule has 0 aliphatic rings. The van der Waals surface area contributed by atoms with Crippen molar-refractivity contribution in [2.24, 2.45) is 0 Å². The smallest absolute Gasteiger partial charge is 0.337 e. The number of carbonyl (C=O) groups is 1. The van der Waals surface area contributed by atoms with E-state index in [1.807, 2.05) is 6.92 Å². The van der Waals surface area contributed by atoms with Gasteiger partial charge in [-0.3, -0.25) is 10.1 Å². The van der Waals surface area contributed by atoms with Crippen molar-refractivity contribution in [3.05, 3.63) is 0 Å². The Balaban J connectivity index is 2.27. The largest absolute Gasteiger partial charge is 0.463 e. The predicted octanol–water partition coefficient (Wildman–Crippen LogP) is 1.34. The third-order valence-electron chi connectivity index (χ3n) is 1.97. The molecule has 0 saturated heterocycles. The molecule has 92 valence electrons. The van der Waals surface area contributed by atoms with Crippen molar-refractivity contribution in [2.45, 2.75) is 32.6 Å². The molecule has 0 radical (unpaired) electrons. The standard InChI is InChI=1S/C11H16N4O2/c1-3-5-6-7-8-9(16)12-10-13-11(15-14-10)17-4-2/h1H,4-8H2,2H3,(H2,12,13,14,15,16). The molecule has 0 fully saturated rings. The topological polar surface area (TPSA) is 79.9 Å². The van der Waals surface area contributed by atoms with Crippen LogP contribution >= 0.6 is 0 Å². The number of H-pyrrole nitrogens is 1. The number of anilines is 1. The van der Waals surface area contributed by atoms with Crippen LogP contribution in [0.15, 0.2) is 0 Å². The quantitative estimate of drug-likeness (QED) is 0.553. The van der Waals surface area contributed by atoms with E-state index in [1.165, 1.54) is 0 Å². The van der Waals surface area contributed by atoms with E-state index < -0.39 is 0 Å². The summed E-state index contributed by atoms with van der Waals surface area (Å²) in [6.07, 6.45) is 7.85. The number of unbranched alkanes of at least 4 members (excludes halogenated alkanes) is 2. The number of nitrogens with one attached hydrogen (secondary N) is 2. The number of hydrogen-bond donors (Lipinski definition) is 2. The van der Waals surface area contributed by atoms with Crippen LogP contribution in [0.25, 0.3) is 0 Å². The molecule has 0 aliphatic carbocycles. The lowest BCUT2D eigenvalue weighted by molar-refractivity contribution is -0.116. The Morgan fingerprint density at radius 2 is 2.41 bits per heavy atom. The first-order valence-electron chi connectivity index (χ1n) is 5.54. The summed E-state index contributed by atoms with van der Waals surface area (Å²) in [7, 11) is 0. The number of nitrogens with zero attached hydrogens (tertiary/aromatic N) is 2. The maximum absolute atomic E-state index is 11.5. The number of carbonyl (C=O) groups excluding carboxylic acids is 1. The van der Waals surface area contributed by atoms with Crippen molar-refractivity contribution in [3.8, 4) is 18.4 Å². The van der Waals surface area contributed by atoms with Gasteiger partial charge in [-0.1, -0.05) is 0 Å². The van der Waals surface area contributed by atoms with Gasteiger partial charge in [0.1, 0.15) is 0 Å². The summed E-state index contributed by atoms with van der Waals surface area (Å²) < 4.78 is 5.05. The van der Waals surface area contributed by atoms with Gasteiger partial charge in [-0.25, -0.2) is 5.10 Å². The Bertz CT molecular complexity index is 394. The Morgan fingerprint density at radius 1 is 1.59 bits per heavy atom. The second-order valence-corrected chi connectivity index (χ2v) is 3.36. The Kier molecular flexibility index (Phi) is 5.58. The van der Waals surface area contributed by atoms with Gasteiger partial charge in [-0.2, -0.15) is 4.98 Å². The summed E-state index contributed by atoms with van der Waals surface area (Å²) in [6.45, 7) is 2.32. The Hall–Kier alpha value is -2.03. The van der Waals surface area contributed by atoms with E-state index in [-0.39, 0.29) is 11.9 Å². The lowest BCUT2D eigenvalue weighted by Gasteiger charge is -1.99. The number of aromatic nitrogens is 3. The highest BCUT2D eigenvalue weighted by atomic mass is 16.5. The summed E-state index contributed by atoms with van der Waals surface area (Å²) in [6, 6.07) is 0.232. The fourth-order valence-corrected chi connectivity index (χ4v) is 1.20. The molecule has 0 atom stereocenters. The van der Waals surface area contributed by atoms with Crippen LogP contribution in [0.4, 0.5) is 5.95 Å². The van der Waals surface area contributed by atoms with E-state index in [9.17, 15) is 4.79 Å². The summed E-state index contributed by atoms with van der Waals surface area (Å²) >= 11 is 0. The maximum Gasteiger partial charge on any atom is 0.337 e. The van der Waals surface area contributed by atoms with Crippen LogP contribution in [0.3, 0.4) is 0 Å². The molecule has 1 aromatic heterocycles. The monoisotopic (exact) mass is 236 g/mol. The van der Waals surface area contributed by atoms with Crippen molar-refractivity contribution in [1.29, 1.82) is 0 Å². The number of amides is 1. The zero-order chi connectivity index (χ0) is 12.5. The lowest BCUT2D eigenvalue weighted by Crippen LogP contribution is -2.12.